The molecule has 1 rings (SSSR count). The number of aliphatic hydroxyl groups is 4. The Morgan fingerprint density at radius 2 is 0.706 bits per heavy atom. The van der Waals surface area contributed by atoms with Gasteiger partial charge in [0.2, 0.25) is 17.8 Å². The normalized spacial score (nSPS) is 12.1. The molecular weight excluding hydrogens is 672 g/mol. The van der Waals surface area contributed by atoms with Crippen LogP contribution in [0, 0.1) is 0 Å². The first-order valence-electron chi connectivity index (χ1n) is 18.5. The molecule has 0 spiro atoms. The van der Waals surface area contributed by atoms with E-state index in [1.54, 1.807) is 0 Å². The maximum atomic E-state index is 10.1. The zero-order valence-electron chi connectivity index (χ0n) is 31.8. The molecule has 0 saturated heterocycles. The van der Waals surface area contributed by atoms with Gasteiger partial charge in [-0.1, -0.05) is 80.1 Å². The Morgan fingerprint density at radius 3 is 0.980 bits per heavy atom. The summed E-state index contributed by atoms with van der Waals surface area (Å²) < 4.78 is 26.0. The number of aromatic nitrogens is 3. The van der Waals surface area contributed by atoms with E-state index in [0.29, 0.717) is 38.5 Å². The highest BCUT2D eigenvalue weighted by molar-refractivity contribution is 5.47. The first-order valence-corrected chi connectivity index (χ1v) is 18.5. The van der Waals surface area contributed by atoms with Crippen molar-refractivity contribution >= 4 is 17.8 Å². The van der Waals surface area contributed by atoms with Crippen molar-refractivity contribution in [3.8, 4) is 0 Å². The number of nitrogens with zero attached hydrogens (tertiary/aromatic N) is 6. The zero-order valence-corrected chi connectivity index (χ0v) is 31.8. The fourth-order valence-corrected chi connectivity index (χ4v) is 4.01. The Kier molecular flexibility index (Phi) is 26.2. The van der Waals surface area contributed by atoms with Crippen LogP contribution >= 0.6 is 0 Å². The van der Waals surface area contributed by atoms with Crippen molar-refractivity contribution in [3.05, 3.63) is 0 Å². The van der Waals surface area contributed by atoms with Gasteiger partial charge < -0.3 is 39.4 Å². The second kappa shape index (κ2) is 28.4. The predicted molar refractivity (Wildman–Crippen MR) is 188 cm³/mol. The summed E-state index contributed by atoms with van der Waals surface area (Å²) in [4.78, 5) is 40.5. The number of anilines is 3. The first kappa shape index (κ1) is 47.0. The van der Waals surface area contributed by atoms with E-state index in [-0.39, 0.29) is 57.5 Å². The van der Waals surface area contributed by atoms with Crippen LogP contribution in [0.3, 0.4) is 0 Å². The summed E-state index contributed by atoms with van der Waals surface area (Å²) in [5.74, 6) is -0.876. The third-order valence-corrected chi connectivity index (χ3v) is 7.22. The molecule has 0 unspecified atom stereocenters. The van der Waals surface area contributed by atoms with Crippen LogP contribution in [0.25, 0.3) is 0 Å². The van der Waals surface area contributed by atoms with Crippen molar-refractivity contribution < 1.29 is 58.9 Å². The molecule has 0 atom stereocenters. The van der Waals surface area contributed by atoms with Gasteiger partial charge in [-0.15, -0.1) is 9.78 Å². The minimum Gasteiger partial charge on any atom is -0.376 e. The summed E-state index contributed by atoms with van der Waals surface area (Å²) in [6.07, 6.45) is 3.50. The number of rotatable bonds is 35. The van der Waals surface area contributed by atoms with Crippen molar-refractivity contribution in [2.45, 2.75) is 131 Å². The molecule has 1 heterocycles. The quantitative estimate of drug-likeness (QED) is 0.0335. The Balaban J connectivity index is 4.43. The van der Waals surface area contributed by atoms with Crippen molar-refractivity contribution in [2.24, 2.45) is 0 Å². The van der Waals surface area contributed by atoms with Crippen LogP contribution in [0.1, 0.15) is 119 Å². The van der Waals surface area contributed by atoms with Gasteiger partial charge in [-0.05, 0) is 38.5 Å². The molecule has 4 N–H and O–H groups in total. The number of unbranched alkanes of at least 4 members (excludes halogenated alkanes) is 6. The maximum absolute atomic E-state index is 10.1. The lowest BCUT2D eigenvalue weighted by molar-refractivity contribution is -0.562. The molecule has 0 aliphatic rings. The number of hydrogen-bond donors (Lipinski definition) is 4. The molecule has 0 fully saturated rings. The van der Waals surface area contributed by atoms with Gasteiger partial charge >= 0.3 is 12.2 Å². The van der Waals surface area contributed by atoms with Gasteiger partial charge in [0.1, 0.15) is 26.9 Å². The zero-order chi connectivity index (χ0) is 37.8. The average molecular weight is 739 g/mol. The molecule has 0 amide bonds. The second-order valence-electron chi connectivity index (χ2n) is 11.6. The van der Waals surface area contributed by atoms with Gasteiger partial charge in [-0.25, -0.2) is 9.78 Å². The predicted octanol–water partition coefficient (Wildman–Crippen LogP) is 4.08. The third kappa shape index (κ3) is 15.8. The molecule has 18 heteroatoms. The summed E-state index contributed by atoms with van der Waals surface area (Å²) in [5, 5.41) is 40.5. The lowest BCUT2D eigenvalue weighted by Gasteiger charge is -2.47. The van der Waals surface area contributed by atoms with E-state index in [4.69, 9.17) is 38.5 Å². The molecule has 0 aromatic carbocycles. The summed E-state index contributed by atoms with van der Waals surface area (Å²) >= 11 is 0. The van der Waals surface area contributed by atoms with E-state index in [1.807, 2.05) is 41.5 Å². The molecule has 0 aliphatic carbocycles. The van der Waals surface area contributed by atoms with Gasteiger partial charge in [0.25, 0.3) is 0 Å². The molecule has 18 nitrogen and oxygen atoms in total. The Hall–Kier alpha value is -2.07. The number of hydrogen-bond acceptors (Lipinski definition) is 18. The minimum atomic E-state index is -2.38. The lowest BCUT2D eigenvalue weighted by Crippen LogP contribution is -2.69. The molecule has 1 aromatic rings. The van der Waals surface area contributed by atoms with Crippen molar-refractivity contribution in [3.63, 3.8) is 0 Å². The summed E-state index contributed by atoms with van der Waals surface area (Å²) in [5.41, 5.74) is 0. The van der Waals surface area contributed by atoms with Crippen molar-refractivity contribution in [1.82, 2.24) is 15.0 Å². The van der Waals surface area contributed by atoms with Crippen LogP contribution in [-0.2, 0) is 38.5 Å². The molecule has 1 aromatic heterocycles. The van der Waals surface area contributed by atoms with Gasteiger partial charge in [0.05, 0.1) is 39.6 Å². The Labute approximate surface area is 303 Å². The van der Waals surface area contributed by atoms with E-state index < -0.39 is 39.1 Å². The van der Waals surface area contributed by atoms with Gasteiger partial charge in [0, 0.05) is 0 Å². The second-order valence-corrected chi connectivity index (χ2v) is 11.6. The van der Waals surface area contributed by atoms with E-state index in [1.165, 1.54) is 0 Å². The smallest absolute Gasteiger partial charge is 0.376 e. The van der Waals surface area contributed by atoms with Crippen LogP contribution in [0.15, 0.2) is 0 Å². The fourth-order valence-electron chi connectivity index (χ4n) is 4.01. The number of aliphatic hydroxyl groups excluding tert-OH is 4. The monoisotopic (exact) mass is 738 g/mol. The summed E-state index contributed by atoms with van der Waals surface area (Å²) in [6.45, 7) is 9.87. The minimum absolute atomic E-state index is 0.0938. The molecule has 0 saturated carbocycles. The Morgan fingerprint density at radius 1 is 0.431 bits per heavy atom. The summed E-state index contributed by atoms with van der Waals surface area (Å²) in [6, 6.07) is 0. The first-order chi connectivity index (χ1) is 24.9. The maximum Gasteiger partial charge on any atom is 0.412 e. The van der Waals surface area contributed by atoms with Gasteiger partial charge in [-0.2, -0.15) is 19.9 Å². The van der Waals surface area contributed by atoms with Crippen molar-refractivity contribution in [1.29, 1.82) is 0 Å². The molecular formula is C33H66N6O12. The standard InChI is InChI=1S/C33H66N6O12/c1-7-13-19-44-32(45-20-14-8-2,50-48-23-17-11-5)39(31-35-29(37(25-40)26-41)34-30(36-31)38(27-42)28-43)33(46-21-15-9-3,47-22-16-10-4)51-49-24-18-12-6/h40-43H,7-28H2,1-6H3. The lowest BCUT2D eigenvalue weighted by atomic mass is 10.3. The molecule has 0 aliphatic heterocycles. The van der Waals surface area contributed by atoms with Crippen LogP contribution in [0.2, 0.25) is 0 Å². The fraction of sp³-hybridized carbons (Fsp3) is 0.909. The highest BCUT2D eigenvalue weighted by atomic mass is 17.3. The van der Waals surface area contributed by atoms with E-state index >= 15 is 0 Å². The van der Waals surface area contributed by atoms with E-state index in [0.717, 1.165) is 53.2 Å². The van der Waals surface area contributed by atoms with Gasteiger partial charge in [-0.3, -0.25) is 9.80 Å². The van der Waals surface area contributed by atoms with Crippen LogP contribution in [0.5, 0.6) is 0 Å². The molecule has 300 valence electrons. The average Bonchev–Trinajstić information content (AvgIpc) is 3.13. The topological polar surface area (TPSA) is 203 Å². The molecule has 0 bridgehead atoms. The van der Waals surface area contributed by atoms with Crippen LogP contribution in [0.4, 0.5) is 17.8 Å². The SMILES string of the molecule is CCCCOOC(OCCCC)(OCCCC)N(c1nc(N(CO)CO)nc(N(CO)CO)n1)C(OCCCC)(OCCCC)OOCCCC. The van der Waals surface area contributed by atoms with Crippen LogP contribution in [-0.4, -0.2) is 114 Å². The summed E-state index contributed by atoms with van der Waals surface area (Å²) in [7, 11) is 0. The third-order valence-electron chi connectivity index (χ3n) is 7.22. The van der Waals surface area contributed by atoms with E-state index in [2.05, 4.69) is 15.0 Å². The largest absolute Gasteiger partial charge is 0.412 e. The Bertz CT molecular complexity index is 890. The van der Waals surface area contributed by atoms with Crippen LogP contribution < -0.4 is 14.7 Å². The van der Waals surface area contributed by atoms with Gasteiger partial charge in [0.15, 0.2) is 0 Å². The molecule has 51 heavy (non-hydrogen) atoms. The molecule has 0 radical (unpaired) electrons. The number of ether oxygens (including phenoxy) is 4. The highest BCUT2D eigenvalue weighted by Gasteiger charge is 2.60. The highest BCUT2D eigenvalue weighted by Crippen LogP contribution is 2.39. The van der Waals surface area contributed by atoms with Crippen molar-refractivity contribution in [2.75, 3.05) is 81.3 Å². The van der Waals surface area contributed by atoms with E-state index in [9.17, 15) is 20.4 Å².